The molecule has 0 saturated heterocycles. The van der Waals surface area contributed by atoms with Crippen molar-refractivity contribution in [3.8, 4) is 6.07 Å². The molecular formula is C13H14N4O. The number of hydrogen-bond donors (Lipinski definition) is 2. The van der Waals surface area contributed by atoms with E-state index in [1.807, 2.05) is 19.1 Å². The fourth-order valence-electron chi connectivity index (χ4n) is 1.61. The number of benzene rings is 1. The van der Waals surface area contributed by atoms with Crippen molar-refractivity contribution in [1.29, 1.82) is 5.26 Å². The lowest BCUT2D eigenvalue weighted by Crippen LogP contribution is -2.01. The van der Waals surface area contributed by atoms with Crippen LogP contribution < -0.4 is 11.1 Å². The predicted molar refractivity (Wildman–Crippen MR) is 68.7 cm³/mol. The van der Waals surface area contributed by atoms with E-state index >= 15 is 0 Å². The van der Waals surface area contributed by atoms with Gasteiger partial charge < -0.3 is 15.5 Å². The van der Waals surface area contributed by atoms with Crippen LogP contribution in [0.5, 0.6) is 0 Å². The molecule has 0 atom stereocenters. The first-order chi connectivity index (χ1) is 8.69. The van der Waals surface area contributed by atoms with E-state index in [1.165, 1.54) is 0 Å². The molecule has 18 heavy (non-hydrogen) atoms. The highest BCUT2D eigenvalue weighted by Crippen LogP contribution is 2.18. The standard InChI is InChI=1S/C13H14N4O/c1-9-7-17-13(18-9)8-16-11-2-3-12(15)10(6-11)4-5-14/h2-3,6-7,16H,4,8,15H2,1H3. The van der Waals surface area contributed by atoms with Gasteiger partial charge in [-0.1, -0.05) is 0 Å². The summed E-state index contributed by atoms with van der Waals surface area (Å²) in [6.07, 6.45) is 1.99. The summed E-state index contributed by atoms with van der Waals surface area (Å²) in [6.45, 7) is 2.36. The van der Waals surface area contributed by atoms with E-state index < -0.39 is 0 Å². The maximum atomic E-state index is 8.69. The molecule has 0 spiro atoms. The highest BCUT2D eigenvalue weighted by atomic mass is 16.4. The van der Waals surface area contributed by atoms with Crippen molar-refractivity contribution in [2.24, 2.45) is 0 Å². The van der Waals surface area contributed by atoms with E-state index in [2.05, 4.69) is 16.4 Å². The van der Waals surface area contributed by atoms with Gasteiger partial charge in [0.2, 0.25) is 5.89 Å². The van der Waals surface area contributed by atoms with Crippen LogP contribution in [0.25, 0.3) is 0 Å². The Bertz CT molecular complexity index is 583. The average Bonchev–Trinajstić information content (AvgIpc) is 2.76. The molecule has 0 amide bonds. The number of nitrogens with one attached hydrogen (secondary N) is 1. The third-order valence-corrected chi connectivity index (χ3v) is 2.53. The molecule has 2 aromatic rings. The number of hydrogen-bond acceptors (Lipinski definition) is 5. The molecule has 0 fully saturated rings. The lowest BCUT2D eigenvalue weighted by Gasteiger charge is -2.07. The highest BCUT2D eigenvalue weighted by Gasteiger charge is 2.03. The van der Waals surface area contributed by atoms with Gasteiger partial charge in [0.25, 0.3) is 0 Å². The summed E-state index contributed by atoms with van der Waals surface area (Å²) in [5, 5.41) is 11.9. The summed E-state index contributed by atoms with van der Waals surface area (Å²) >= 11 is 0. The molecule has 0 unspecified atom stereocenters. The van der Waals surface area contributed by atoms with Crippen LogP contribution >= 0.6 is 0 Å². The number of nitrogen functional groups attached to an aromatic ring is 1. The van der Waals surface area contributed by atoms with Gasteiger partial charge in [-0.2, -0.15) is 5.26 Å². The average molecular weight is 242 g/mol. The molecular weight excluding hydrogens is 228 g/mol. The van der Waals surface area contributed by atoms with Gasteiger partial charge in [0.1, 0.15) is 5.76 Å². The van der Waals surface area contributed by atoms with Crippen molar-refractivity contribution in [2.75, 3.05) is 11.1 Å². The summed E-state index contributed by atoms with van der Waals surface area (Å²) in [7, 11) is 0. The van der Waals surface area contributed by atoms with E-state index in [0.29, 0.717) is 24.5 Å². The first kappa shape index (κ1) is 12.0. The van der Waals surface area contributed by atoms with E-state index in [0.717, 1.165) is 17.0 Å². The molecule has 3 N–H and O–H groups in total. The fraction of sp³-hybridized carbons (Fsp3) is 0.231. The molecule has 0 saturated carbocycles. The van der Waals surface area contributed by atoms with E-state index in [4.69, 9.17) is 15.4 Å². The van der Waals surface area contributed by atoms with Gasteiger partial charge in [-0.05, 0) is 30.7 Å². The second kappa shape index (κ2) is 5.23. The van der Waals surface area contributed by atoms with Crippen LogP contribution in [0.2, 0.25) is 0 Å². The first-order valence-corrected chi connectivity index (χ1v) is 5.59. The van der Waals surface area contributed by atoms with Gasteiger partial charge in [0, 0.05) is 11.4 Å². The maximum Gasteiger partial charge on any atom is 0.213 e. The largest absolute Gasteiger partial charge is 0.444 e. The highest BCUT2D eigenvalue weighted by molar-refractivity contribution is 5.57. The van der Waals surface area contributed by atoms with Crippen LogP contribution in [-0.4, -0.2) is 4.98 Å². The zero-order chi connectivity index (χ0) is 13.0. The SMILES string of the molecule is Cc1cnc(CNc2ccc(N)c(CC#N)c2)o1. The summed E-state index contributed by atoms with van der Waals surface area (Å²) in [5.41, 5.74) is 8.13. The van der Waals surface area contributed by atoms with Crippen molar-refractivity contribution in [3.05, 3.63) is 41.6 Å². The Labute approximate surface area is 105 Å². The number of nitrogens with two attached hydrogens (primary N) is 1. The fourth-order valence-corrected chi connectivity index (χ4v) is 1.61. The van der Waals surface area contributed by atoms with Crippen molar-refractivity contribution in [3.63, 3.8) is 0 Å². The van der Waals surface area contributed by atoms with Crippen molar-refractivity contribution >= 4 is 11.4 Å². The number of aryl methyl sites for hydroxylation is 1. The smallest absolute Gasteiger partial charge is 0.213 e. The van der Waals surface area contributed by atoms with E-state index in [-0.39, 0.29) is 0 Å². The maximum absolute atomic E-state index is 8.69. The minimum atomic E-state index is 0.305. The van der Waals surface area contributed by atoms with E-state index in [1.54, 1.807) is 12.3 Å². The first-order valence-electron chi connectivity index (χ1n) is 5.59. The third kappa shape index (κ3) is 2.80. The van der Waals surface area contributed by atoms with Crippen LogP contribution in [-0.2, 0) is 13.0 Å². The van der Waals surface area contributed by atoms with Crippen molar-refractivity contribution < 1.29 is 4.42 Å². The van der Waals surface area contributed by atoms with Crippen LogP contribution in [0, 0.1) is 18.3 Å². The number of oxazole rings is 1. The molecule has 0 aliphatic rings. The van der Waals surface area contributed by atoms with Gasteiger partial charge in [-0.3, -0.25) is 0 Å². The molecule has 2 rings (SSSR count). The lowest BCUT2D eigenvalue weighted by molar-refractivity contribution is 0.479. The van der Waals surface area contributed by atoms with Gasteiger partial charge in [-0.25, -0.2) is 4.98 Å². The Morgan fingerprint density at radius 3 is 3.00 bits per heavy atom. The molecule has 92 valence electrons. The molecule has 1 aromatic heterocycles. The van der Waals surface area contributed by atoms with E-state index in [9.17, 15) is 0 Å². The Morgan fingerprint density at radius 2 is 2.33 bits per heavy atom. The molecule has 5 heteroatoms. The second-order valence-corrected chi connectivity index (χ2v) is 3.97. The molecule has 0 aliphatic carbocycles. The Balaban J connectivity index is 2.05. The predicted octanol–water partition coefficient (Wildman–Crippen LogP) is 2.24. The van der Waals surface area contributed by atoms with Crippen LogP contribution in [0.15, 0.2) is 28.8 Å². The Morgan fingerprint density at radius 1 is 1.50 bits per heavy atom. The Kier molecular flexibility index (Phi) is 3.49. The second-order valence-electron chi connectivity index (χ2n) is 3.97. The normalized spacial score (nSPS) is 10.0. The zero-order valence-electron chi connectivity index (χ0n) is 10.1. The third-order valence-electron chi connectivity index (χ3n) is 2.53. The molecule has 5 nitrogen and oxygen atoms in total. The number of rotatable bonds is 4. The van der Waals surface area contributed by atoms with Crippen LogP contribution in [0.4, 0.5) is 11.4 Å². The van der Waals surface area contributed by atoms with Gasteiger partial charge in [-0.15, -0.1) is 0 Å². The van der Waals surface area contributed by atoms with Gasteiger partial charge in [0.15, 0.2) is 0 Å². The summed E-state index contributed by atoms with van der Waals surface area (Å²) in [4.78, 5) is 4.10. The molecule has 1 heterocycles. The molecule has 0 bridgehead atoms. The van der Waals surface area contributed by atoms with Crippen LogP contribution in [0.3, 0.4) is 0 Å². The number of nitrogens with zero attached hydrogens (tertiary/aromatic N) is 2. The minimum absolute atomic E-state index is 0.305. The summed E-state index contributed by atoms with van der Waals surface area (Å²) in [6, 6.07) is 7.61. The molecule has 1 aromatic carbocycles. The number of anilines is 2. The quantitative estimate of drug-likeness (QED) is 0.803. The van der Waals surface area contributed by atoms with Gasteiger partial charge in [0.05, 0.1) is 25.2 Å². The monoisotopic (exact) mass is 242 g/mol. The molecule has 0 radical (unpaired) electrons. The summed E-state index contributed by atoms with van der Waals surface area (Å²) < 4.78 is 5.36. The van der Waals surface area contributed by atoms with Crippen molar-refractivity contribution in [1.82, 2.24) is 4.98 Å². The van der Waals surface area contributed by atoms with Crippen LogP contribution in [0.1, 0.15) is 17.2 Å². The minimum Gasteiger partial charge on any atom is -0.444 e. The van der Waals surface area contributed by atoms with Crippen molar-refractivity contribution in [2.45, 2.75) is 19.9 Å². The zero-order valence-corrected chi connectivity index (χ0v) is 10.1. The summed E-state index contributed by atoms with van der Waals surface area (Å²) in [5.74, 6) is 1.42. The number of nitriles is 1. The Hall–Kier alpha value is -2.48. The number of aromatic nitrogens is 1. The topological polar surface area (TPSA) is 87.9 Å². The lowest BCUT2D eigenvalue weighted by atomic mass is 10.1. The van der Waals surface area contributed by atoms with Gasteiger partial charge >= 0.3 is 0 Å². The molecule has 0 aliphatic heterocycles.